The molecule has 0 spiro atoms. The molecule has 0 N–H and O–H groups in total. The second-order valence-electron chi connectivity index (χ2n) is 6.24. The highest BCUT2D eigenvalue weighted by Gasteiger charge is 2.42. The van der Waals surface area contributed by atoms with Gasteiger partial charge in [0.25, 0.3) is 0 Å². The summed E-state index contributed by atoms with van der Waals surface area (Å²) in [4.78, 5) is 4.20. The molecule has 6 heteroatoms. The van der Waals surface area contributed by atoms with E-state index in [1.807, 2.05) is 50.7 Å². The molecule has 1 aromatic heterocycles. The second kappa shape index (κ2) is 7.69. The van der Waals surface area contributed by atoms with Crippen molar-refractivity contribution in [3.05, 3.63) is 30.1 Å². The monoisotopic (exact) mass is 326 g/mol. The van der Waals surface area contributed by atoms with E-state index in [-0.39, 0.29) is 18.2 Å². The molecule has 0 saturated carbocycles. The molecule has 0 bridgehead atoms. The summed E-state index contributed by atoms with van der Waals surface area (Å²) in [6, 6.07) is 3.98. The van der Waals surface area contributed by atoms with Crippen molar-refractivity contribution in [2.75, 3.05) is 6.54 Å². The van der Waals surface area contributed by atoms with Gasteiger partial charge in [-0.25, -0.2) is 9.24 Å². The Labute approximate surface area is 133 Å². The van der Waals surface area contributed by atoms with Gasteiger partial charge < -0.3 is 0 Å². The molecule has 2 heterocycles. The minimum absolute atomic E-state index is 0.0331. The first-order valence-electron chi connectivity index (χ1n) is 8.06. The van der Waals surface area contributed by atoms with E-state index < -0.39 is 7.75 Å². The van der Waals surface area contributed by atoms with Gasteiger partial charge in [0, 0.05) is 25.0 Å². The maximum atomic E-state index is 13.4. The van der Waals surface area contributed by atoms with Gasteiger partial charge in [-0.1, -0.05) is 12.5 Å². The Morgan fingerprint density at radius 1 is 1.23 bits per heavy atom. The van der Waals surface area contributed by atoms with Crippen molar-refractivity contribution in [1.82, 2.24) is 9.65 Å². The third kappa shape index (κ3) is 4.39. The molecule has 0 unspecified atom stereocenters. The van der Waals surface area contributed by atoms with Gasteiger partial charge in [-0.2, -0.15) is 0 Å². The Hall–Kier alpha value is -0.740. The highest BCUT2D eigenvalue weighted by molar-refractivity contribution is 7.51. The fourth-order valence-electron chi connectivity index (χ4n) is 2.80. The van der Waals surface area contributed by atoms with Gasteiger partial charge in [0.15, 0.2) is 0 Å². The van der Waals surface area contributed by atoms with Crippen LogP contribution in [0.5, 0.6) is 0 Å². The van der Waals surface area contributed by atoms with Crippen molar-refractivity contribution in [2.24, 2.45) is 0 Å². The Morgan fingerprint density at radius 3 is 2.45 bits per heavy atom. The molecule has 124 valence electrons. The van der Waals surface area contributed by atoms with Crippen LogP contribution in [-0.2, 0) is 13.6 Å². The number of nitrogens with zero attached hydrogens (tertiary/aromatic N) is 2. The number of hydrogen-bond acceptors (Lipinski definition) is 4. The molecule has 1 fully saturated rings. The van der Waals surface area contributed by atoms with Crippen molar-refractivity contribution in [2.45, 2.75) is 65.2 Å². The lowest BCUT2D eigenvalue weighted by Crippen LogP contribution is -2.33. The van der Waals surface area contributed by atoms with Crippen LogP contribution in [0.25, 0.3) is 0 Å². The van der Waals surface area contributed by atoms with Crippen LogP contribution in [0, 0.1) is 0 Å². The lowest BCUT2D eigenvalue weighted by Gasteiger charge is -2.40. The lowest BCUT2D eigenvalue weighted by molar-refractivity contribution is 0.0838. The average molecular weight is 326 g/mol. The average Bonchev–Trinajstić information content (AvgIpc) is 2.46. The number of piperidine rings is 1. The number of pyridine rings is 1. The Kier molecular flexibility index (Phi) is 6.16. The smallest absolute Gasteiger partial charge is 0.294 e. The summed E-state index contributed by atoms with van der Waals surface area (Å²) in [6.07, 6.45) is 6.35. The highest BCUT2D eigenvalue weighted by Crippen LogP contribution is 2.59. The molecule has 1 aromatic rings. The quantitative estimate of drug-likeness (QED) is 0.717. The minimum atomic E-state index is -3.32. The first-order valence-corrected chi connectivity index (χ1v) is 9.56. The summed E-state index contributed by atoms with van der Waals surface area (Å²) in [5.74, 6) is 0. The van der Waals surface area contributed by atoms with Gasteiger partial charge in [0.2, 0.25) is 0 Å². The van der Waals surface area contributed by atoms with E-state index in [1.165, 1.54) is 0 Å². The van der Waals surface area contributed by atoms with Crippen LogP contribution in [-0.4, -0.2) is 28.4 Å². The Balaban J connectivity index is 2.32. The van der Waals surface area contributed by atoms with E-state index in [4.69, 9.17) is 9.05 Å². The highest BCUT2D eigenvalue weighted by atomic mass is 31.2. The van der Waals surface area contributed by atoms with E-state index in [1.54, 1.807) is 6.20 Å². The summed E-state index contributed by atoms with van der Waals surface area (Å²) >= 11 is 0. The molecule has 1 aliphatic heterocycles. The summed E-state index contributed by atoms with van der Waals surface area (Å²) in [5, 5.41) is 0. The molecular weight excluding hydrogens is 299 g/mol. The molecule has 0 radical (unpaired) electrons. The zero-order valence-corrected chi connectivity index (χ0v) is 14.8. The molecule has 1 saturated heterocycles. The van der Waals surface area contributed by atoms with E-state index in [2.05, 4.69) is 4.98 Å². The van der Waals surface area contributed by atoms with Crippen molar-refractivity contribution < 1.29 is 13.6 Å². The third-order valence-electron chi connectivity index (χ3n) is 3.55. The summed E-state index contributed by atoms with van der Waals surface area (Å²) < 4.78 is 26.9. The molecule has 22 heavy (non-hydrogen) atoms. The van der Waals surface area contributed by atoms with Crippen molar-refractivity contribution in [3.63, 3.8) is 0 Å². The summed E-state index contributed by atoms with van der Waals surface area (Å²) in [7, 11) is -3.32. The number of rotatable bonds is 6. The molecule has 2 rings (SSSR count). The van der Waals surface area contributed by atoms with Gasteiger partial charge in [0.05, 0.1) is 12.2 Å². The predicted molar refractivity (Wildman–Crippen MR) is 87.6 cm³/mol. The van der Waals surface area contributed by atoms with Crippen LogP contribution < -0.4 is 0 Å². The second-order valence-corrected chi connectivity index (χ2v) is 8.11. The van der Waals surface area contributed by atoms with Crippen molar-refractivity contribution >= 4 is 7.75 Å². The number of hydrogen-bond donors (Lipinski definition) is 0. The maximum absolute atomic E-state index is 13.4. The predicted octanol–water partition coefficient (Wildman–Crippen LogP) is 4.57. The molecule has 1 aliphatic rings. The zero-order chi connectivity index (χ0) is 16.2. The Morgan fingerprint density at radius 2 is 1.91 bits per heavy atom. The largest absolute Gasteiger partial charge is 0.409 e. The molecule has 1 atom stereocenters. The normalized spacial score (nSPS) is 20.7. The first kappa shape index (κ1) is 17.6. The van der Waals surface area contributed by atoms with E-state index in [0.29, 0.717) is 0 Å². The fourth-order valence-corrected chi connectivity index (χ4v) is 5.13. The van der Waals surface area contributed by atoms with Crippen LogP contribution in [0.2, 0.25) is 0 Å². The molecule has 5 nitrogen and oxygen atoms in total. The van der Waals surface area contributed by atoms with Crippen LogP contribution in [0.3, 0.4) is 0 Å². The van der Waals surface area contributed by atoms with Crippen LogP contribution in [0.15, 0.2) is 24.5 Å². The molecule has 0 aromatic carbocycles. The first-order chi connectivity index (χ1) is 10.4. The van der Waals surface area contributed by atoms with Crippen molar-refractivity contribution in [3.8, 4) is 0 Å². The fraction of sp³-hybridized carbons (Fsp3) is 0.688. The Bertz CT molecular complexity index is 493. The number of aromatic nitrogens is 1. The van der Waals surface area contributed by atoms with Gasteiger partial charge in [0.1, 0.15) is 0 Å². The van der Waals surface area contributed by atoms with Crippen LogP contribution >= 0.6 is 7.75 Å². The topological polar surface area (TPSA) is 51.7 Å². The van der Waals surface area contributed by atoms with Crippen LogP contribution in [0.1, 0.15) is 58.6 Å². The van der Waals surface area contributed by atoms with Gasteiger partial charge in [-0.3, -0.25) is 14.0 Å². The van der Waals surface area contributed by atoms with Gasteiger partial charge in [-0.15, -0.1) is 0 Å². The maximum Gasteiger partial charge on any atom is 0.409 e. The zero-order valence-electron chi connectivity index (χ0n) is 13.9. The minimum Gasteiger partial charge on any atom is -0.294 e. The molecule has 0 aliphatic carbocycles. The third-order valence-corrected chi connectivity index (χ3v) is 6.03. The SMILES string of the molecule is CC(C)OP(=O)(OC(C)C)N1CCCC[C@H]1c1cccnc1. The standard InChI is InChI=1S/C16H27N2O3P/c1-13(2)20-22(19,21-14(3)4)18-11-6-5-9-16(18)15-8-7-10-17-12-15/h7-8,10,12-14,16H,5-6,9,11H2,1-4H3/t16-/m0/s1. The van der Waals surface area contributed by atoms with Crippen LogP contribution in [0.4, 0.5) is 0 Å². The molecule has 0 amide bonds. The van der Waals surface area contributed by atoms with Gasteiger partial charge in [-0.05, 0) is 52.2 Å². The molecular formula is C16H27N2O3P. The summed E-state index contributed by atoms with van der Waals surface area (Å²) in [5.41, 5.74) is 1.07. The lowest BCUT2D eigenvalue weighted by atomic mass is 9.99. The van der Waals surface area contributed by atoms with E-state index in [9.17, 15) is 4.57 Å². The summed E-state index contributed by atoms with van der Waals surface area (Å²) in [6.45, 7) is 8.27. The van der Waals surface area contributed by atoms with Crippen molar-refractivity contribution in [1.29, 1.82) is 0 Å². The van der Waals surface area contributed by atoms with Gasteiger partial charge >= 0.3 is 7.75 Å². The van der Waals surface area contributed by atoms with E-state index >= 15 is 0 Å². The van der Waals surface area contributed by atoms with E-state index in [0.717, 1.165) is 31.4 Å².